The van der Waals surface area contributed by atoms with Crippen LogP contribution < -0.4 is 5.32 Å². The third-order valence-electron chi connectivity index (χ3n) is 2.67. The van der Waals surface area contributed by atoms with E-state index in [1.165, 1.54) is 18.2 Å². The fourth-order valence-electron chi connectivity index (χ4n) is 1.64. The predicted molar refractivity (Wildman–Crippen MR) is 65.5 cm³/mol. The van der Waals surface area contributed by atoms with Crippen molar-refractivity contribution in [3.63, 3.8) is 0 Å². The highest BCUT2D eigenvalue weighted by molar-refractivity contribution is 5.37. The SMILES string of the molecule is CC(Nc1ccc(C(F)(F)F)nn1)c1cccc(F)c1. The summed E-state index contributed by atoms with van der Waals surface area (Å²) >= 11 is 0. The van der Waals surface area contributed by atoms with Crippen LogP contribution >= 0.6 is 0 Å². The van der Waals surface area contributed by atoms with Crippen LogP contribution in [0, 0.1) is 5.82 Å². The van der Waals surface area contributed by atoms with E-state index in [2.05, 4.69) is 15.5 Å². The second kappa shape index (κ2) is 5.44. The average Bonchev–Trinajstić information content (AvgIpc) is 2.38. The molecule has 0 radical (unpaired) electrons. The minimum absolute atomic E-state index is 0.190. The van der Waals surface area contributed by atoms with Crippen molar-refractivity contribution in [2.75, 3.05) is 5.32 Å². The number of hydrogen-bond acceptors (Lipinski definition) is 3. The van der Waals surface area contributed by atoms with Gasteiger partial charge in [-0.25, -0.2) is 4.39 Å². The summed E-state index contributed by atoms with van der Waals surface area (Å²) in [6.45, 7) is 1.74. The summed E-state index contributed by atoms with van der Waals surface area (Å²) in [7, 11) is 0. The highest BCUT2D eigenvalue weighted by atomic mass is 19.4. The number of nitrogens with one attached hydrogen (secondary N) is 1. The molecule has 1 heterocycles. The van der Waals surface area contributed by atoms with Crippen molar-refractivity contribution in [3.8, 4) is 0 Å². The molecule has 0 saturated carbocycles. The van der Waals surface area contributed by atoms with Gasteiger partial charge in [0.25, 0.3) is 0 Å². The molecule has 1 aromatic heterocycles. The van der Waals surface area contributed by atoms with E-state index < -0.39 is 11.9 Å². The lowest BCUT2D eigenvalue weighted by Gasteiger charge is -2.15. The van der Waals surface area contributed by atoms with Gasteiger partial charge in [0, 0.05) is 0 Å². The molecule has 0 aliphatic carbocycles. The highest BCUT2D eigenvalue weighted by Gasteiger charge is 2.32. The van der Waals surface area contributed by atoms with Gasteiger partial charge in [0.05, 0.1) is 6.04 Å². The normalized spacial score (nSPS) is 13.1. The Balaban J connectivity index is 2.10. The van der Waals surface area contributed by atoms with Gasteiger partial charge in [-0.05, 0) is 36.8 Å². The Kier molecular flexibility index (Phi) is 3.87. The number of benzene rings is 1. The second-order valence-corrected chi connectivity index (χ2v) is 4.22. The lowest BCUT2D eigenvalue weighted by molar-refractivity contribution is -0.141. The summed E-state index contributed by atoms with van der Waals surface area (Å²) < 4.78 is 50.1. The first-order chi connectivity index (χ1) is 9.36. The molecule has 2 aromatic rings. The summed E-state index contributed by atoms with van der Waals surface area (Å²) in [5.41, 5.74) is -0.395. The molecule has 20 heavy (non-hydrogen) atoms. The Morgan fingerprint density at radius 3 is 2.40 bits per heavy atom. The maximum atomic E-state index is 13.1. The third-order valence-corrected chi connectivity index (χ3v) is 2.67. The predicted octanol–water partition coefficient (Wildman–Crippen LogP) is 3.81. The van der Waals surface area contributed by atoms with Gasteiger partial charge in [0.15, 0.2) is 5.69 Å². The van der Waals surface area contributed by atoms with E-state index in [0.29, 0.717) is 5.56 Å². The van der Waals surface area contributed by atoms with Crippen molar-refractivity contribution in [1.29, 1.82) is 0 Å². The first-order valence-electron chi connectivity index (χ1n) is 5.79. The number of nitrogens with zero attached hydrogens (tertiary/aromatic N) is 2. The van der Waals surface area contributed by atoms with Crippen LogP contribution in [0.25, 0.3) is 0 Å². The number of rotatable bonds is 3. The Bertz CT molecular complexity index is 581. The first kappa shape index (κ1) is 14.2. The van der Waals surface area contributed by atoms with Crippen molar-refractivity contribution >= 4 is 5.82 Å². The molecular weight excluding hydrogens is 274 g/mol. The van der Waals surface area contributed by atoms with E-state index in [-0.39, 0.29) is 17.7 Å². The molecule has 106 valence electrons. The largest absolute Gasteiger partial charge is 0.435 e. The molecule has 2 rings (SSSR count). The fraction of sp³-hybridized carbons (Fsp3) is 0.231. The van der Waals surface area contributed by atoms with Crippen molar-refractivity contribution in [2.45, 2.75) is 19.1 Å². The molecule has 1 aromatic carbocycles. The molecule has 1 unspecified atom stereocenters. The van der Waals surface area contributed by atoms with Crippen molar-refractivity contribution < 1.29 is 17.6 Å². The molecule has 0 bridgehead atoms. The maximum absolute atomic E-state index is 13.1. The fourth-order valence-corrected chi connectivity index (χ4v) is 1.64. The summed E-state index contributed by atoms with van der Waals surface area (Å²) in [4.78, 5) is 0. The maximum Gasteiger partial charge on any atom is 0.435 e. The van der Waals surface area contributed by atoms with Crippen molar-refractivity contribution in [1.82, 2.24) is 10.2 Å². The topological polar surface area (TPSA) is 37.8 Å². The standard InChI is InChI=1S/C13H11F4N3/c1-8(9-3-2-4-10(14)7-9)18-12-6-5-11(19-20-12)13(15,16)17/h2-8H,1H3,(H,18,20). The Morgan fingerprint density at radius 2 is 1.85 bits per heavy atom. The van der Waals surface area contributed by atoms with Crippen LogP contribution in [0.1, 0.15) is 24.2 Å². The third kappa shape index (κ3) is 3.43. The lowest BCUT2D eigenvalue weighted by Crippen LogP contribution is -2.12. The molecule has 0 saturated heterocycles. The van der Waals surface area contributed by atoms with Crippen molar-refractivity contribution in [2.24, 2.45) is 0 Å². The summed E-state index contributed by atoms with van der Waals surface area (Å²) in [5.74, 6) is -0.190. The average molecular weight is 285 g/mol. The molecule has 0 aliphatic rings. The van der Waals surface area contributed by atoms with Gasteiger partial charge < -0.3 is 5.32 Å². The van der Waals surface area contributed by atoms with Gasteiger partial charge in [0.2, 0.25) is 0 Å². The van der Waals surface area contributed by atoms with Crippen LogP contribution in [0.5, 0.6) is 0 Å². The van der Waals surface area contributed by atoms with Gasteiger partial charge >= 0.3 is 6.18 Å². The zero-order chi connectivity index (χ0) is 14.8. The van der Waals surface area contributed by atoms with Crippen LogP contribution in [0.3, 0.4) is 0 Å². The molecule has 1 N–H and O–H groups in total. The monoisotopic (exact) mass is 285 g/mol. The van der Waals surface area contributed by atoms with E-state index in [9.17, 15) is 17.6 Å². The summed E-state index contributed by atoms with van der Waals surface area (Å²) in [6.07, 6.45) is -4.51. The first-order valence-corrected chi connectivity index (χ1v) is 5.79. The van der Waals surface area contributed by atoms with Crippen LogP contribution in [0.2, 0.25) is 0 Å². The number of hydrogen-bond donors (Lipinski definition) is 1. The zero-order valence-electron chi connectivity index (χ0n) is 10.4. The summed E-state index contributed by atoms with van der Waals surface area (Å²) in [6, 6.07) is 7.64. The smallest absolute Gasteiger partial charge is 0.362 e. The molecule has 3 nitrogen and oxygen atoms in total. The molecule has 7 heteroatoms. The molecule has 0 fully saturated rings. The van der Waals surface area contributed by atoms with Crippen molar-refractivity contribution in [3.05, 3.63) is 53.5 Å². The van der Waals surface area contributed by atoms with E-state index >= 15 is 0 Å². The van der Waals surface area contributed by atoms with Gasteiger partial charge in [-0.15, -0.1) is 10.2 Å². The minimum Gasteiger partial charge on any atom is -0.362 e. The highest BCUT2D eigenvalue weighted by Crippen LogP contribution is 2.27. The summed E-state index contributed by atoms with van der Waals surface area (Å²) in [5, 5.41) is 9.42. The van der Waals surface area contributed by atoms with Crippen LogP contribution in [0.4, 0.5) is 23.4 Å². The quantitative estimate of drug-likeness (QED) is 0.871. The van der Waals surface area contributed by atoms with Gasteiger partial charge in [-0.2, -0.15) is 13.2 Å². The molecular formula is C13H11F4N3. The van der Waals surface area contributed by atoms with Crippen LogP contribution in [-0.2, 0) is 6.18 Å². The van der Waals surface area contributed by atoms with E-state index in [1.54, 1.807) is 19.1 Å². The lowest BCUT2D eigenvalue weighted by atomic mass is 10.1. The van der Waals surface area contributed by atoms with Gasteiger partial charge in [0.1, 0.15) is 11.6 Å². The molecule has 0 amide bonds. The van der Waals surface area contributed by atoms with Crippen LogP contribution in [0.15, 0.2) is 36.4 Å². The molecule has 0 spiro atoms. The molecule has 0 aliphatic heterocycles. The number of anilines is 1. The Morgan fingerprint density at radius 1 is 1.10 bits per heavy atom. The number of aromatic nitrogens is 2. The molecule has 1 atom stereocenters. The van der Waals surface area contributed by atoms with E-state index in [4.69, 9.17) is 0 Å². The Labute approximate surface area is 112 Å². The van der Waals surface area contributed by atoms with E-state index in [1.807, 2.05) is 0 Å². The second-order valence-electron chi connectivity index (χ2n) is 4.22. The van der Waals surface area contributed by atoms with Gasteiger partial charge in [-0.3, -0.25) is 0 Å². The van der Waals surface area contributed by atoms with Crippen LogP contribution in [-0.4, -0.2) is 10.2 Å². The van der Waals surface area contributed by atoms with E-state index in [0.717, 1.165) is 6.07 Å². The van der Waals surface area contributed by atoms with Gasteiger partial charge in [-0.1, -0.05) is 12.1 Å². The number of halogens is 4. The minimum atomic E-state index is -4.51. The Hall–Kier alpha value is -2.18. The number of alkyl halides is 3. The zero-order valence-corrected chi connectivity index (χ0v) is 10.4.